The maximum Gasteiger partial charge on any atom is 0.128 e. The molecule has 0 bridgehead atoms. The minimum absolute atomic E-state index is 0.900. The lowest BCUT2D eigenvalue weighted by Crippen LogP contribution is -2.31. The zero-order valence-electron chi connectivity index (χ0n) is 11.9. The third kappa shape index (κ3) is 3.02. The van der Waals surface area contributed by atoms with Gasteiger partial charge in [0.1, 0.15) is 5.82 Å². The molecule has 0 saturated heterocycles. The van der Waals surface area contributed by atoms with Gasteiger partial charge in [-0.1, -0.05) is 13.0 Å². The molecule has 4 nitrogen and oxygen atoms in total. The van der Waals surface area contributed by atoms with E-state index in [0.717, 1.165) is 50.4 Å². The Morgan fingerprint density at radius 2 is 2.20 bits per heavy atom. The summed E-state index contributed by atoms with van der Waals surface area (Å²) >= 11 is 0. The molecule has 0 spiro atoms. The number of aryl methyl sites for hydroxylation is 1. The van der Waals surface area contributed by atoms with E-state index >= 15 is 0 Å². The van der Waals surface area contributed by atoms with Crippen molar-refractivity contribution < 1.29 is 0 Å². The van der Waals surface area contributed by atoms with Crippen LogP contribution in [-0.4, -0.2) is 26.4 Å². The molecular formula is C16H20N4. The highest BCUT2D eigenvalue weighted by Gasteiger charge is 2.18. The Hall–Kier alpha value is -1.81. The predicted molar refractivity (Wildman–Crippen MR) is 78.1 cm³/mol. The summed E-state index contributed by atoms with van der Waals surface area (Å²) in [6.45, 7) is 5.04. The molecule has 0 radical (unpaired) electrons. The molecule has 0 unspecified atom stereocenters. The molecular weight excluding hydrogens is 248 g/mol. The molecule has 3 heterocycles. The van der Waals surface area contributed by atoms with Crippen LogP contribution in [0.2, 0.25) is 0 Å². The van der Waals surface area contributed by atoms with Crippen molar-refractivity contribution in [1.82, 2.24) is 19.9 Å². The molecule has 0 aromatic carbocycles. The molecule has 104 valence electrons. The fraction of sp³-hybridized carbons (Fsp3) is 0.438. The van der Waals surface area contributed by atoms with Crippen molar-refractivity contribution in [3.8, 4) is 0 Å². The van der Waals surface area contributed by atoms with Crippen molar-refractivity contribution >= 4 is 0 Å². The van der Waals surface area contributed by atoms with Crippen LogP contribution in [0.1, 0.15) is 36.1 Å². The summed E-state index contributed by atoms with van der Waals surface area (Å²) < 4.78 is 0. The standard InChI is InChI=1S/C16H20N4/c1-2-5-16-18-10-13-11-20(9-7-15(13)19-16)12-14-6-3-4-8-17-14/h3-4,6,8,10H,2,5,7,9,11-12H2,1H3. The molecule has 2 aromatic heterocycles. The van der Waals surface area contributed by atoms with E-state index in [1.807, 2.05) is 24.5 Å². The highest BCUT2D eigenvalue weighted by molar-refractivity contribution is 5.21. The van der Waals surface area contributed by atoms with Gasteiger partial charge in [0.05, 0.1) is 5.69 Å². The lowest BCUT2D eigenvalue weighted by atomic mass is 10.1. The van der Waals surface area contributed by atoms with E-state index < -0.39 is 0 Å². The average molecular weight is 268 g/mol. The third-order valence-corrected chi connectivity index (χ3v) is 3.65. The molecule has 0 fully saturated rings. The number of nitrogens with zero attached hydrogens (tertiary/aromatic N) is 4. The van der Waals surface area contributed by atoms with Crippen LogP contribution in [0.15, 0.2) is 30.6 Å². The fourth-order valence-corrected chi connectivity index (χ4v) is 2.62. The number of fused-ring (bicyclic) bond motifs is 1. The molecule has 0 N–H and O–H groups in total. The average Bonchev–Trinajstić information content (AvgIpc) is 2.49. The van der Waals surface area contributed by atoms with E-state index in [0.29, 0.717) is 0 Å². The van der Waals surface area contributed by atoms with E-state index in [9.17, 15) is 0 Å². The Labute approximate surface area is 119 Å². The van der Waals surface area contributed by atoms with Crippen molar-refractivity contribution in [2.24, 2.45) is 0 Å². The van der Waals surface area contributed by atoms with Crippen LogP contribution < -0.4 is 0 Å². The molecule has 0 amide bonds. The summed E-state index contributed by atoms with van der Waals surface area (Å²) in [4.78, 5) is 16.0. The topological polar surface area (TPSA) is 41.9 Å². The molecule has 0 aliphatic carbocycles. The van der Waals surface area contributed by atoms with Crippen LogP contribution in [0.25, 0.3) is 0 Å². The van der Waals surface area contributed by atoms with Crippen LogP contribution in [0.4, 0.5) is 0 Å². The van der Waals surface area contributed by atoms with Crippen LogP contribution >= 0.6 is 0 Å². The van der Waals surface area contributed by atoms with E-state index in [1.165, 1.54) is 11.3 Å². The molecule has 1 aliphatic heterocycles. The van der Waals surface area contributed by atoms with Gasteiger partial charge in [0, 0.05) is 56.1 Å². The van der Waals surface area contributed by atoms with Gasteiger partial charge >= 0.3 is 0 Å². The molecule has 3 rings (SSSR count). The maximum absolute atomic E-state index is 4.69. The second-order valence-corrected chi connectivity index (χ2v) is 5.29. The summed E-state index contributed by atoms with van der Waals surface area (Å²) in [7, 11) is 0. The first-order chi connectivity index (χ1) is 9.85. The number of rotatable bonds is 4. The summed E-state index contributed by atoms with van der Waals surface area (Å²) in [5.41, 5.74) is 3.63. The van der Waals surface area contributed by atoms with Crippen molar-refractivity contribution in [3.05, 3.63) is 53.4 Å². The van der Waals surface area contributed by atoms with Gasteiger partial charge in [-0.25, -0.2) is 9.97 Å². The third-order valence-electron chi connectivity index (χ3n) is 3.65. The number of aromatic nitrogens is 3. The van der Waals surface area contributed by atoms with Crippen LogP contribution in [0, 0.1) is 0 Å². The molecule has 0 saturated carbocycles. The molecule has 4 heteroatoms. The summed E-state index contributed by atoms with van der Waals surface area (Å²) in [5.74, 6) is 0.990. The minimum atomic E-state index is 0.900. The quantitative estimate of drug-likeness (QED) is 0.854. The SMILES string of the molecule is CCCc1ncc2c(n1)CCN(Cc1ccccn1)C2. The zero-order chi connectivity index (χ0) is 13.8. The monoisotopic (exact) mass is 268 g/mol. The van der Waals surface area contributed by atoms with E-state index in [1.54, 1.807) is 0 Å². The molecule has 1 aliphatic rings. The largest absolute Gasteiger partial charge is 0.293 e. The van der Waals surface area contributed by atoms with E-state index in [4.69, 9.17) is 4.98 Å². The van der Waals surface area contributed by atoms with Gasteiger partial charge < -0.3 is 0 Å². The van der Waals surface area contributed by atoms with Crippen molar-refractivity contribution in [2.75, 3.05) is 6.54 Å². The van der Waals surface area contributed by atoms with Gasteiger partial charge in [-0.3, -0.25) is 9.88 Å². The highest BCUT2D eigenvalue weighted by Crippen LogP contribution is 2.18. The Morgan fingerprint density at radius 1 is 1.25 bits per heavy atom. The number of hydrogen-bond donors (Lipinski definition) is 0. The Kier molecular flexibility index (Phi) is 4.02. The van der Waals surface area contributed by atoms with Gasteiger partial charge in [-0.05, 0) is 18.6 Å². The molecule has 0 atom stereocenters. The fourth-order valence-electron chi connectivity index (χ4n) is 2.62. The zero-order valence-corrected chi connectivity index (χ0v) is 11.9. The highest BCUT2D eigenvalue weighted by atomic mass is 15.1. The Balaban J connectivity index is 1.69. The predicted octanol–water partition coefficient (Wildman–Crippen LogP) is 2.38. The van der Waals surface area contributed by atoms with Crippen LogP contribution in [-0.2, 0) is 25.9 Å². The second kappa shape index (κ2) is 6.09. The first kappa shape index (κ1) is 13.2. The van der Waals surface area contributed by atoms with Gasteiger partial charge in [-0.2, -0.15) is 0 Å². The van der Waals surface area contributed by atoms with Gasteiger partial charge in [-0.15, -0.1) is 0 Å². The second-order valence-electron chi connectivity index (χ2n) is 5.29. The lowest BCUT2D eigenvalue weighted by molar-refractivity contribution is 0.239. The molecule has 2 aromatic rings. The summed E-state index contributed by atoms with van der Waals surface area (Å²) in [6, 6.07) is 6.08. The smallest absolute Gasteiger partial charge is 0.128 e. The van der Waals surface area contributed by atoms with Crippen molar-refractivity contribution in [2.45, 2.75) is 39.3 Å². The number of pyridine rings is 1. The minimum Gasteiger partial charge on any atom is -0.293 e. The Bertz CT molecular complexity index is 568. The first-order valence-electron chi connectivity index (χ1n) is 7.31. The van der Waals surface area contributed by atoms with Gasteiger partial charge in [0.2, 0.25) is 0 Å². The maximum atomic E-state index is 4.69. The van der Waals surface area contributed by atoms with Crippen molar-refractivity contribution in [3.63, 3.8) is 0 Å². The number of hydrogen-bond acceptors (Lipinski definition) is 4. The van der Waals surface area contributed by atoms with E-state index in [2.05, 4.69) is 27.9 Å². The van der Waals surface area contributed by atoms with Crippen LogP contribution in [0.3, 0.4) is 0 Å². The van der Waals surface area contributed by atoms with Crippen LogP contribution in [0.5, 0.6) is 0 Å². The Morgan fingerprint density at radius 3 is 3.00 bits per heavy atom. The lowest BCUT2D eigenvalue weighted by Gasteiger charge is -2.27. The van der Waals surface area contributed by atoms with Gasteiger partial charge in [0.15, 0.2) is 0 Å². The summed E-state index contributed by atoms with van der Waals surface area (Å²) in [6.07, 6.45) is 6.96. The van der Waals surface area contributed by atoms with E-state index in [-0.39, 0.29) is 0 Å². The van der Waals surface area contributed by atoms with Crippen molar-refractivity contribution in [1.29, 1.82) is 0 Å². The van der Waals surface area contributed by atoms with Gasteiger partial charge in [0.25, 0.3) is 0 Å². The summed E-state index contributed by atoms with van der Waals surface area (Å²) in [5, 5.41) is 0. The first-order valence-corrected chi connectivity index (χ1v) is 7.31. The normalized spacial score (nSPS) is 15.1. The molecule has 20 heavy (non-hydrogen) atoms.